The number of nitrogens with one attached hydrogen (secondary N) is 1. The van der Waals surface area contributed by atoms with Crippen molar-refractivity contribution in [2.45, 2.75) is 18.7 Å². The van der Waals surface area contributed by atoms with E-state index in [0.29, 0.717) is 13.1 Å². The number of amides is 1. The zero-order valence-corrected chi connectivity index (χ0v) is 14.9. The second kappa shape index (κ2) is 8.60. The third-order valence-electron chi connectivity index (χ3n) is 3.19. The minimum atomic E-state index is -3.56. The van der Waals surface area contributed by atoms with E-state index in [4.69, 9.17) is 4.74 Å². The van der Waals surface area contributed by atoms with Crippen molar-refractivity contribution < 1.29 is 22.7 Å². The number of esters is 1. The van der Waals surface area contributed by atoms with Gasteiger partial charge in [-0.1, -0.05) is 12.2 Å². The van der Waals surface area contributed by atoms with Crippen LogP contribution in [0.1, 0.15) is 24.2 Å². The van der Waals surface area contributed by atoms with E-state index in [2.05, 4.69) is 11.3 Å². The Balaban J connectivity index is 2.68. The van der Waals surface area contributed by atoms with Crippen molar-refractivity contribution in [2.75, 3.05) is 26.7 Å². The molecule has 0 aliphatic rings. The predicted molar refractivity (Wildman–Crippen MR) is 90.0 cm³/mol. The number of hydrogen-bond acceptors (Lipinski definition) is 5. The van der Waals surface area contributed by atoms with Crippen LogP contribution in [0, 0.1) is 0 Å². The lowest BCUT2D eigenvalue weighted by molar-refractivity contribution is -0.133. The second-order valence-electron chi connectivity index (χ2n) is 5.17. The summed E-state index contributed by atoms with van der Waals surface area (Å²) in [5.41, 5.74) is 0.999. The summed E-state index contributed by atoms with van der Waals surface area (Å²) in [6.07, 6.45) is 0. The van der Waals surface area contributed by atoms with Gasteiger partial charge in [-0.05, 0) is 45.2 Å². The number of carbonyl (C=O) groups excluding carboxylic acids is 2. The maximum absolute atomic E-state index is 12.0. The van der Waals surface area contributed by atoms with Gasteiger partial charge < -0.3 is 9.64 Å². The molecule has 132 valence electrons. The highest BCUT2D eigenvalue weighted by atomic mass is 32.2. The van der Waals surface area contributed by atoms with Gasteiger partial charge in [0.1, 0.15) is 0 Å². The van der Waals surface area contributed by atoms with Crippen LogP contribution >= 0.6 is 0 Å². The molecular formula is C16H22N2O5S. The Morgan fingerprint density at radius 2 is 1.83 bits per heavy atom. The first-order chi connectivity index (χ1) is 11.2. The molecule has 0 saturated carbocycles. The normalized spacial score (nSPS) is 11.0. The molecule has 0 aromatic heterocycles. The van der Waals surface area contributed by atoms with Gasteiger partial charge in [0.2, 0.25) is 10.0 Å². The number of likely N-dealkylation sites (N-methyl/N-ethyl adjacent to an activating group) is 1. The average Bonchev–Trinajstić information content (AvgIpc) is 2.57. The van der Waals surface area contributed by atoms with Crippen molar-refractivity contribution in [1.82, 2.24) is 9.62 Å². The van der Waals surface area contributed by atoms with Crippen LogP contribution in [-0.4, -0.2) is 51.9 Å². The van der Waals surface area contributed by atoms with Crippen molar-refractivity contribution in [2.24, 2.45) is 0 Å². The molecule has 8 heteroatoms. The number of sulfonamides is 1. The van der Waals surface area contributed by atoms with Gasteiger partial charge >= 0.3 is 5.97 Å². The molecule has 0 spiro atoms. The molecule has 7 nitrogen and oxygen atoms in total. The summed E-state index contributed by atoms with van der Waals surface area (Å²) in [6, 6.07) is 5.26. The van der Waals surface area contributed by atoms with Crippen LogP contribution in [-0.2, 0) is 19.6 Å². The average molecular weight is 354 g/mol. The molecule has 1 aromatic carbocycles. The number of ether oxygens (including phenoxy) is 1. The standard InChI is InChI=1S/C16H22N2O5S/c1-5-18(10-12(2)3)15(19)11-23-16(20)13-6-8-14(9-7-13)24(21,22)17-4/h6-9,17H,2,5,10-11H2,1,3-4H3. The predicted octanol–water partition coefficient (Wildman–Crippen LogP) is 1.18. The number of carbonyl (C=O) groups is 2. The lowest BCUT2D eigenvalue weighted by Crippen LogP contribution is -2.35. The highest BCUT2D eigenvalue weighted by molar-refractivity contribution is 7.89. The van der Waals surface area contributed by atoms with Crippen LogP contribution in [0.2, 0.25) is 0 Å². The third kappa shape index (κ3) is 5.47. The Morgan fingerprint density at radius 1 is 1.25 bits per heavy atom. The molecular weight excluding hydrogens is 332 g/mol. The van der Waals surface area contributed by atoms with Gasteiger partial charge in [-0.3, -0.25) is 4.79 Å². The molecule has 1 N–H and O–H groups in total. The third-order valence-corrected chi connectivity index (χ3v) is 4.62. The minimum absolute atomic E-state index is 0.0382. The van der Waals surface area contributed by atoms with Crippen molar-refractivity contribution >= 4 is 21.9 Å². The van der Waals surface area contributed by atoms with Crippen molar-refractivity contribution in [3.05, 3.63) is 42.0 Å². The van der Waals surface area contributed by atoms with E-state index >= 15 is 0 Å². The van der Waals surface area contributed by atoms with Gasteiger partial charge in [0, 0.05) is 13.1 Å². The number of benzene rings is 1. The summed E-state index contributed by atoms with van der Waals surface area (Å²) in [5.74, 6) is -1.01. The van der Waals surface area contributed by atoms with Gasteiger partial charge in [0.15, 0.2) is 6.61 Å². The SMILES string of the molecule is C=C(C)CN(CC)C(=O)COC(=O)c1ccc(S(=O)(=O)NC)cc1. The Hall–Kier alpha value is -2.19. The Bertz CT molecular complexity index is 710. The van der Waals surface area contributed by atoms with E-state index in [1.165, 1.54) is 36.2 Å². The quantitative estimate of drug-likeness (QED) is 0.559. The molecule has 0 fully saturated rings. The van der Waals surface area contributed by atoms with Crippen LogP contribution in [0.15, 0.2) is 41.3 Å². The fourth-order valence-electron chi connectivity index (χ4n) is 1.89. The molecule has 1 rings (SSSR count). The zero-order valence-electron chi connectivity index (χ0n) is 14.0. The highest BCUT2D eigenvalue weighted by Gasteiger charge is 2.16. The molecule has 1 aromatic rings. The molecule has 0 heterocycles. The molecule has 1 amide bonds. The van der Waals surface area contributed by atoms with Crippen LogP contribution < -0.4 is 4.72 Å². The van der Waals surface area contributed by atoms with Crippen LogP contribution in [0.5, 0.6) is 0 Å². The lowest BCUT2D eigenvalue weighted by Gasteiger charge is -2.20. The fourth-order valence-corrected chi connectivity index (χ4v) is 2.62. The molecule has 0 aliphatic heterocycles. The molecule has 0 aliphatic carbocycles. The molecule has 0 atom stereocenters. The maximum atomic E-state index is 12.0. The van der Waals surface area contributed by atoms with Gasteiger partial charge in [-0.15, -0.1) is 0 Å². The monoisotopic (exact) mass is 354 g/mol. The largest absolute Gasteiger partial charge is 0.452 e. The smallest absolute Gasteiger partial charge is 0.338 e. The van der Waals surface area contributed by atoms with E-state index in [9.17, 15) is 18.0 Å². The topological polar surface area (TPSA) is 92.8 Å². The van der Waals surface area contributed by atoms with E-state index < -0.39 is 16.0 Å². The summed E-state index contributed by atoms with van der Waals surface area (Å²) < 4.78 is 30.4. The Labute approximate surface area is 142 Å². The molecule has 0 saturated heterocycles. The van der Waals surface area contributed by atoms with Gasteiger partial charge in [0.05, 0.1) is 10.5 Å². The van der Waals surface area contributed by atoms with E-state index in [1.807, 2.05) is 13.8 Å². The van der Waals surface area contributed by atoms with Crippen molar-refractivity contribution in [3.63, 3.8) is 0 Å². The zero-order chi connectivity index (χ0) is 18.3. The van der Waals surface area contributed by atoms with Gasteiger partial charge in [-0.2, -0.15) is 0 Å². The summed E-state index contributed by atoms with van der Waals surface area (Å²) in [6.45, 7) is 7.89. The minimum Gasteiger partial charge on any atom is -0.452 e. The first-order valence-corrected chi connectivity index (χ1v) is 8.82. The molecule has 0 unspecified atom stereocenters. The number of rotatable bonds is 8. The number of hydrogen-bond donors (Lipinski definition) is 1. The summed E-state index contributed by atoms with van der Waals surface area (Å²) in [4.78, 5) is 25.5. The van der Waals surface area contributed by atoms with Crippen LogP contribution in [0.25, 0.3) is 0 Å². The fraction of sp³-hybridized carbons (Fsp3) is 0.375. The van der Waals surface area contributed by atoms with Crippen molar-refractivity contribution in [3.8, 4) is 0 Å². The van der Waals surface area contributed by atoms with Gasteiger partial charge in [0.25, 0.3) is 5.91 Å². The highest BCUT2D eigenvalue weighted by Crippen LogP contribution is 2.11. The summed E-state index contributed by atoms with van der Waals surface area (Å²) in [5, 5.41) is 0. The molecule has 0 bridgehead atoms. The molecule has 24 heavy (non-hydrogen) atoms. The van der Waals surface area contributed by atoms with Crippen LogP contribution in [0.3, 0.4) is 0 Å². The van der Waals surface area contributed by atoms with Crippen molar-refractivity contribution in [1.29, 1.82) is 0 Å². The van der Waals surface area contributed by atoms with E-state index in [1.54, 1.807) is 0 Å². The first kappa shape index (κ1) is 19.9. The first-order valence-electron chi connectivity index (χ1n) is 7.34. The van der Waals surface area contributed by atoms with E-state index in [0.717, 1.165) is 5.57 Å². The Morgan fingerprint density at radius 3 is 2.29 bits per heavy atom. The molecule has 0 radical (unpaired) electrons. The summed E-state index contributed by atoms with van der Waals surface area (Å²) in [7, 11) is -2.26. The number of nitrogens with zero attached hydrogens (tertiary/aromatic N) is 1. The second-order valence-corrected chi connectivity index (χ2v) is 7.06. The van der Waals surface area contributed by atoms with Crippen LogP contribution in [0.4, 0.5) is 0 Å². The van der Waals surface area contributed by atoms with Gasteiger partial charge in [-0.25, -0.2) is 17.9 Å². The van der Waals surface area contributed by atoms with E-state index in [-0.39, 0.29) is 23.0 Å². The lowest BCUT2D eigenvalue weighted by atomic mass is 10.2. The maximum Gasteiger partial charge on any atom is 0.338 e. The Kier molecular flexibility index (Phi) is 7.12. The summed E-state index contributed by atoms with van der Waals surface area (Å²) >= 11 is 0.